The molecule has 0 aromatic carbocycles. The highest BCUT2D eigenvalue weighted by atomic mass is 32.7. The van der Waals surface area contributed by atoms with E-state index in [1.165, 1.54) is 34.4 Å². The van der Waals surface area contributed by atoms with E-state index < -0.39 is 84.2 Å². The topological polar surface area (TPSA) is 241 Å². The van der Waals surface area contributed by atoms with Gasteiger partial charge < -0.3 is 34.8 Å². The van der Waals surface area contributed by atoms with Crippen LogP contribution in [-0.4, -0.2) is 102 Å². The summed E-state index contributed by atoms with van der Waals surface area (Å²) in [6, 6.07) is 0. The molecule has 278 valence electrons. The zero-order valence-electron chi connectivity index (χ0n) is 27.9. The highest BCUT2D eigenvalue weighted by Crippen LogP contribution is 2.59. The summed E-state index contributed by atoms with van der Waals surface area (Å²) in [5.74, 6) is 0.204. The van der Waals surface area contributed by atoms with Gasteiger partial charge in [-0.1, -0.05) is 33.0 Å². The molecule has 3 saturated heterocycles. The van der Waals surface area contributed by atoms with Gasteiger partial charge in [-0.2, -0.15) is 0 Å². The summed E-state index contributed by atoms with van der Waals surface area (Å²) in [5, 5.41) is -0.287. The lowest BCUT2D eigenvalue weighted by Crippen LogP contribution is -2.50. The molecular formula is C26H37FN10O9P2S2Si. The SMILES string of the molecule is CC(C)(C)[Si](C)(C)OC1[C@H]2OP(O)(=S)OCC3O[C@@H](n4cnc5c(N)ncnc54)[C@H](F)[C@@H]3OP(=O)(S)OC[C@H]1O[C@H]2n1cnc2c(N)ncnc21. The Kier molecular flexibility index (Phi) is 9.64. The fraction of sp³-hybridized carbons (Fsp3) is 0.615. The van der Waals surface area contributed by atoms with Gasteiger partial charge in [-0.3, -0.25) is 22.7 Å². The maximum atomic E-state index is 16.3. The maximum Gasteiger partial charge on any atom is 0.386 e. The fourth-order valence-corrected chi connectivity index (χ4v) is 10.0. The monoisotopic (exact) mass is 806 g/mol. The first-order chi connectivity index (χ1) is 23.9. The van der Waals surface area contributed by atoms with Gasteiger partial charge in [0, 0.05) is 0 Å². The molecule has 51 heavy (non-hydrogen) atoms. The Morgan fingerprint density at radius 1 is 0.922 bits per heavy atom. The first-order valence-electron chi connectivity index (χ1n) is 15.7. The van der Waals surface area contributed by atoms with Crippen LogP contribution in [0.2, 0.25) is 18.1 Å². The Morgan fingerprint density at radius 2 is 1.47 bits per heavy atom. The van der Waals surface area contributed by atoms with E-state index in [2.05, 4.69) is 42.2 Å². The van der Waals surface area contributed by atoms with E-state index in [0.717, 1.165) is 0 Å². The van der Waals surface area contributed by atoms with Crippen molar-refractivity contribution in [3.8, 4) is 0 Å². The van der Waals surface area contributed by atoms with Crippen LogP contribution >= 0.6 is 25.8 Å². The Balaban J connectivity index is 1.25. The lowest BCUT2D eigenvalue weighted by atomic mass is 10.1. The summed E-state index contributed by atoms with van der Waals surface area (Å²) in [6.45, 7) is 0.595. The predicted molar refractivity (Wildman–Crippen MR) is 189 cm³/mol. The van der Waals surface area contributed by atoms with Gasteiger partial charge >= 0.3 is 13.5 Å². The van der Waals surface area contributed by atoms with Crippen molar-refractivity contribution < 1.29 is 45.8 Å². The van der Waals surface area contributed by atoms with Crippen LogP contribution in [0.3, 0.4) is 0 Å². The van der Waals surface area contributed by atoms with Crippen molar-refractivity contribution in [3.63, 3.8) is 0 Å². The molecular weight excluding hydrogens is 770 g/mol. The Bertz CT molecular complexity index is 2060. The number of nitrogens with zero attached hydrogens (tertiary/aromatic N) is 8. The highest BCUT2D eigenvalue weighted by molar-refractivity contribution is 8.44. The minimum atomic E-state index is -4.37. The second-order valence-corrected chi connectivity index (χ2v) is 24.2. The van der Waals surface area contributed by atoms with Crippen LogP contribution in [0, 0.1) is 0 Å². The van der Waals surface area contributed by atoms with Gasteiger partial charge in [0.15, 0.2) is 49.9 Å². The standard InChI is InChI=1S/C26H37FN10O9P2S2Si/c1-26(2,3)51(4,5)46-18-13-7-41-47(38,49)44-17-12(42-24(14(17)27)36-10-34-15-20(28)30-8-32-22(15)36)6-40-48(39,50)45-19(18)25(43-13)37-11-35-16-21(29)31-9-33-23(16)37/h8-14,17-19,24-25H,6-7H2,1-5H3,(H,38,49)(H,39,50)(H2,28,30,32)(H2,29,31,33)/t12?,13-,14-,17-,18?,19-,24-,25-,47?,48?/m1/s1. The Morgan fingerprint density at radius 3 is 2.06 bits per heavy atom. The van der Waals surface area contributed by atoms with E-state index in [9.17, 15) is 9.46 Å². The highest BCUT2D eigenvalue weighted by Gasteiger charge is 2.56. The number of rotatable bonds is 4. The number of thiol groups is 1. The third-order valence-electron chi connectivity index (χ3n) is 9.43. The average Bonchev–Trinajstić information content (AvgIpc) is 3.80. The van der Waals surface area contributed by atoms with E-state index >= 15 is 4.39 Å². The molecule has 3 aliphatic rings. The van der Waals surface area contributed by atoms with Crippen LogP contribution in [-0.2, 0) is 48.4 Å². The van der Waals surface area contributed by atoms with Crippen molar-refractivity contribution in [2.45, 2.75) is 88.1 Å². The molecule has 0 amide bonds. The summed E-state index contributed by atoms with van der Waals surface area (Å²) in [7, 11) is -2.62. The van der Waals surface area contributed by atoms with E-state index in [1.54, 1.807) is 0 Å². The van der Waals surface area contributed by atoms with Crippen molar-refractivity contribution in [3.05, 3.63) is 25.3 Å². The number of anilines is 2. The molecule has 5 N–H and O–H groups in total. The van der Waals surface area contributed by atoms with Crippen molar-refractivity contribution in [1.29, 1.82) is 0 Å². The van der Waals surface area contributed by atoms with E-state index in [0.29, 0.717) is 11.2 Å². The molecule has 25 heteroatoms. The van der Waals surface area contributed by atoms with Crippen LogP contribution in [0.25, 0.3) is 22.3 Å². The molecule has 19 nitrogen and oxygen atoms in total. The second-order valence-electron chi connectivity index (χ2n) is 13.8. The molecule has 0 aliphatic carbocycles. The van der Waals surface area contributed by atoms with Crippen LogP contribution in [0.1, 0.15) is 33.2 Å². The van der Waals surface area contributed by atoms with Gasteiger partial charge in [-0.05, 0) is 29.9 Å². The van der Waals surface area contributed by atoms with Crippen molar-refractivity contribution in [2.24, 2.45) is 0 Å². The smallest absolute Gasteiger partial charge is 0.386 e. The number of hydrogen-bond donors (Lipinski definition) is 4. The zero-order valence-corrected chi connectivity index (χ0v) is 32.4. The zero-order chi connectivity index (χ0) is 36.7. The number of imidazole rings is 2. The summed E-state index contributed by atoms with van der Waals surface area (Å²) in [5.41, 5.74) is 13.0. The number of ether oxygens (including phenoxy) is 2. The molecule has 0 spiro atoms. The number of nitrogen functional groups attached to an aromatic ring is 2. The molecule has 3 aliphatic heterocycles. The minimum absolute atomic E-state index is 0.0753. The lowest BCUT2D eigenvalue weighted by Gasteiger charge is -2.40. The molecule has 4 aromatic rings. The summed E-state index contributed by atoms with van der Waals surface area (Å²) >= 11 is 9.72. The summed E-state index contributed by atoms with van der Waals surface area (Å²) in [6.07, 6.45) is -5.36. The quantitative estimate of drug-likeness (QED) is 0.131. The van der Waals surface area contributed by atoms with Crippen molar-refractivity contribution >= 4 is 79.9 Å². The first kappa shape index (κ1) is 37.1. The number of nitrogens with two attached hydrogens (primary N) is 2. The largest absolute Gasteiger partial charge is 0.408 e. The van der Waals surface area contributed by atoms with E-state index in [-0.39, 0.29) is 27.8 Å². The van der Waals surface area contributed by atoms with Gasteiger partial charge in [-0.25, -0.2) is 38.9 Å². The number of fused-ring (bicyclic) bond motifs is 5. The van der Waals surface area contributed by atoms with Gasteiger partial charge in [0.2, 0.25) is 0 Å². The van der Waals surface area contributed by atoms with Crippen LogP contribution in [0.5, 0.6) is 0 Å². The van der Waals surface area contributed by atoms with Gasteiger partial charge in [0.1, 0.15) is 54.2 Å². The second kappa shape index (κ2) is 13.3. The number of hydrogen-bond acceptors (Lipinski definition) is 17. The van der Waals surface area contributed by atoms with Gasteiger partial charge in [0.25, 0.3) is 0 Å². The molecule has 0 saturated carbocycles. The van der Waals surface area contributed by atoms with E-state index in [4.69, 9.17) is 55.3 Å². The molecule has 10 atom stereocenters. The molecule has 7 heterocycles. The van der Waals surface area contributed by atoms with E-state index in [1.807, 2.05) is 33.9 Å². The average molecular weight is 807 g/mol. The normalized spacial score (nSPS) is 35.4. The van der Waals surface area contributed by atoms with Crippen LogP contribution in [0.15, 0.2) is 25.3 Å². The number of halogens is 1. The van der Waals surface area contributed by atoms with Crippen LogP contribution in [0.4, 0.5) is 16.0 Å². The Hall–Kier alpha value is -2.24. The fourth-order valence-electron chi connectivity index (χ4n) is 5.83. The van der Waals surface area contributed by atoms with Crippen molar-refractivity contribution in [1.82, 2.24) is 39.0 Å². The number of alkyl halides is 1. The third kappa shape index (κ3) is 6.97. The van der Waals surface area contributed by atoms with Gasteiger partial charge in [-0.15, -0.1) is 0 Å². The first-order valence-corrected chi connectivity index (χ1v) is 23.9. The van der Waals surface area contributed by atoms with Crippen LogP contribution < -0.4 is 11.5 Å². The predicted octanol–water partition coefficient (Wildman–Crippen LogP) is 3.43. The third-order valence-corrected chi connectivity index (χ3v) is 17.1. The van der Waals surface area contributed by atoms with Gasteiger partial charge in [0.05, 0.1) is 25.9 Å². The molecule has 0 radical (unpaired) electrons. The van der Waals surface area contributed by atoms with Crippen molar-refractivity contribution in [2.75, 3.05) is 24.7 Å². The summed E-state index contributed by atoms with van der Waals surface area (Å²) < 4.78 is 75.9. The molecule has 7 rings (SSSR count). The maximum absolute atomic E-state index is 16.3. The molecule has 4 aromatic heterocycles. The molecule has 4 unspecified atom stereocenters. The Labute approximate surface area is 302 Å². The number of aromatic nitrogens is 8. The summed E-state index contributed by atoms with van der Waals surface area (Å²) in [4.78, 5) is 36.5. The molecule has 2 bridgehead atoms. The lowest BCUT2D eigenvalue weighted by molar-refractivity contribution is -0.0586. The molecule has 3 fully saturated rings. The minimum Gasteiger partial charge on any atom is -0.408 e.